The Morgan fingerprint density at radius 3 is 2.83 bits per heavy atom. The van der Waals surface area contributed by atoms with Crippen molar-refractivity contribution in [1.82, 2.24) is 25.2 Å². The van der Waals surface area contributed by atoms with Crippen LogP contribution in [0.2, 0.25) is 5.02 Å². The Morgan fingerprint density at radius 1 is 1.21 bits per heavy atom. The van der Waals surface area contributed by atoms with Gasteiger partial charge in [0.25, 0.3) is 0 Å². The molecule has 1 N–H and O–H groups in total. The smallest absolute Gasteiger partial charge is 0.417 e. The van der Waals surface area contributed by atoms with Gasteiger partial charge in [0.2, 0.25) is 0 Å². The van der Waals surface area contributed by atoms with Crippen LogP contribution in [0.4, 0.5) is 27.8 Å². The molecule has 3 fully saturated rings. The highest BCUT2D eigenvalue weighted by molar-refractivity contribution is 6.30. The normalized spacial score (nSPS) is 24.6. The lowest BCUT2D eigenvalue weighted by Crippen LogP contribution is -2.51. The molecule has 222 valence electrons. The number of benzene rings is 1. The van der Waals surface area contributed by atoms with Crippen LogP contribution < -0.4 is 15.0 Å². The summed E-state index contributed by atoms with van der Waals surface area (Å²) in [5, 5.41) is 12.6. The number of nitriles is 1. The van der Waals surface area contributed by atoms with Crippen molar-refractivity contribution in [3.63, 3.8) is 0 Å². The Balaban J connectivity index is 1.45. The van der Waals surface area contributed by atoms with Gasteiger partial charge in [0, 0.05) is 55.4 Å². The van der Waals surface area contributed by atoms with Gasteiger partial charge >= 0.3 is 12.2 Å². The summed E-state index contributed by atoms with van der Waals surface area (Å²) >= 11 is 6.01. The van der Waals surface area contributed by atoms with Crippen molar-refractivity contribution >= 4 is 28.3 Å². The van der Waals surface area contributed by atoms with Crippen LogP contribution in [0.5, 0.6) is 6.01 Å². The molecule has 0 amide bonds. The van der Waals surface area contributed by atoms with Crippen LogP contribution in [-0.4, -0.2) is 76.9 Å². The second-order valence-electron chi connectivity index (χ2n) is 11.0. The van der Waals surface area contributed by atoms with Gasteiger partial charge in [0.15, 0.2) is 5.82 Å². The summed E-state index contributed by atoms with van der Waals surface area (Å²) in [5.74, 6) is -0.794. The molecule has 3 atom stereocenters. The summed E-state index contributed by atoms with van der Waals surface area (Å²) < 4.78 is 78.2. The topological polar surface area (TPSA) is 90.2 Å². The zero-order valence-electron chi connectivity index (χ0n) is 22.4. The number of piperazine rings is 1. The Labute approximate surface area is 243 Å². The Kier molecular flexibility index (Phi) is 7.57. The van der Waals surface area contributed by atoms with Crippen molar-refractivity contribution in [2.45, 2.75) is 49.6 Å². The van der Waals surface area contributed by atoms with E-state index in [1.807, 2.05) is 4.90 Å². The lowest BCUT2D eigenvalue weighted by Gasteiger charge is -2.34. The van der Waals surface area contributed by atoms with Crippen LogP contribution in [0.1, 0.15) is 31.2 Å². The number of aromatic nitrogens is 3. The Bertz CT molecular complexity index is 1550. The van der Waals surface area contributed by atoms with Gasteiger partial charge in [-0.1, -0.05) is 11.6 Å². The molecule has 8 nitrogen and oxygen atoms in total. The molecule has 6 rings (SSSR count). The van der Waals surface area contributed by atoms with E-state index in [0.717, 1.165) is 37.6 Å². The van der Waals surface area contributed by atoms with Gasteiger partial charge in [-0.05, 0) is 37.6 Å². The highest BCUT2D eigenvalue weighted by Gasteiger charge is 2.49. The van der Waals surface area contributed by atoms with Crippen molar-refractivity contribution in [1.29, 1.82) is 5.26 Å². The van der Waals surface area contributed by atoms with Gasteiger partial charge in [-0.25, -0.2) is 8.78 Å². The van der Waals surface area contributed by atoms with Crippen LogP contribution in [-0.2, 0) is 6.18 Å². The van der Waals surface area contributed by atoms with Gasteiger partial charge in [-0.2, -0.15) is 28.4 Å². The molecule has 3 aliphatic heterocycles. The average molecular weight is 608 g/mol. The number of fused-ring (bicyclic) bond motifs is 2. The van der Waals surface area contributed by atoms with Crippen LogP contribution in [0.15, 0.2) is 24.4 Å². The molecule has 0 spiro atoms. The largest absolute Gasteiger partial charge is 0.461 e. The molecule has 3 aliphatic rings. The summed E-state index contributed by atoms with van der Waals surface area (Å²) in [5.41, 5.74) is -2.96. The number of ether oxygens (including phenoxy) is 1. The molecule has 0 radical (unpaired) electrons. The number of nitrogens with one attached hydrogen (secondary N) is 1. The summed E-state index contributed by atoms with van der Waals surface area (Å²) in [7, 11) is 0. The Hall–Kier alpha value is -3.34. The molecule has 42 heavy (non-hydrogen) atoms. The van der Waals surface area contributed by atoms with E-state index in [-0.39, 0.29) is 46.8 Å². The lowest BCUT2D eigenvalue weighted by atomic mass is 9.95. The molecule has 3 aromatic rings. The van der Waals surface area contributed by atoms with Gasteiger partial charge in [-0.3, -0.25) is 9.88 Å². The number of alkyl halides is 4. The molecule has 3 saturated heterocycles. The van der Waals surface area contributed by atoms with Crippen molar-refractivity contribution in [2.75, 3.05) is 44.2 Å². The van der Waals surface area contributed by atoms with E-state index >= 15 is 4.39 Å². The first kappa shape index (κ1) is 28.8. The molecule has 0 saturated carbocycles. The van der Waals surface area contributed by atoms with Crippen LogP contribution in [0, 0.1) is 17.1 Å². The number of hydrogen-bond acceptors (Lipinski definition) is 8. The SMILES string of the molecule is N#CCC1CN(c2nc(OC[C@@]34CCCN3CC(F)C4)nc3c(F)c(-c4cc(Cl)ccc4C(F)(F)F)ncc23)CCN1. The van der Waals surface area contributed by atoms with Crippen molar-refractivity contribution in [3.05, 3.63) is 40.8 Å². The fourth-order valence-electron chi connectivity index (χ4n) is 6.39. The minimum Gasteiger partial charge on any atom is -0.461 e. The second kappa shape index (κ2) is 11.1. The number of hydrogen-bond donors (Lipinski definition) is 1. The van der Waals surface area contributed by atoms with E-state index in [1.54, 1.807) is 0 Å². The molecule has 1 aromatic carbocycles. The molecule has 2 aromatic heterocycles. The van der Waals surface area contributed by atoms with E-state index < -0.39 is 40.5 Å². The first-order valence-corrected chi connectivity index (χ1v) is 14.1. The number of pyridine rings is 1. The zero-order chi connectivity index (χ0) is 29.6. The summed E-state index contributed by atoms with van der Waals surface area (Å²) in [6.07, 6.45) is -2.35. The van der Waals surface area contributed by atoms with Crippen molar-refractivity contribution in [3.8, 4) is 23.3 Å². The van der Waals surface area contributed by atoms with Gasteiger partial charge in [0.1, 0.15) is 29.8 Å². The van der Waals surface area contributed by atoms with E-state index in [9.17, 15) is 22.8 Å². The first-order chi connectivity index (χ1) is 20.1. The monoisotopic (exact) mass is 607 g/mol. The molecular weight excluding hydrogens is 581 g/mol. The van der Waals surface area contributed by atoms with E-state index in [4.69, 9.17) is 16.3 Å². The third-order valence-electron chi connectivity index (χ3n) is 8.31. The molecular formula is C28H27ClF5N7O. The number of nitrogens with zero attached hydrogens (tertiary/aromatic N) is 6. The maximum absolute atomic E-state index is 16.2. The standard InChI is InChI=1S/C28H27ClF5N7O/c29-16-2-3-21(28(32,33)34)19(10-16)23-22(31)24-20(12-37-23)25(40-9-7-36-18(14-40)4-6-35)39-26(38-24)42-15-27-5-1-8-41(27)13-17(30)11-27/h2-3,10,12,17-18,36H,1,4-5,7-9,11,13-15H2/t17?,18?,27-/m0/s1. The maximum atomic E-state index is 16.2. The van der Waals surface area contributed by atoms with Crippen LogP contribution in [0.25, 0.3) is 22.2 Å². The third kappa shape index (κ3) is 5.31. The number of anilines is 1. The highest BCUT2D eigenvalue weighted by Crippen LogP contribution is 2.42. The fraction of sp³-hybridized carbons (Fsp3) is 0.500. The Morgan fingerprint density at radius 2 is 2.05 bits per heavy atom. The molecule has 0 aliphatic carbocycles. The summed E-state index contributed by atoms with van der Waals surface area (Å²) in [4.78, 5) is 16.9. The predicted molar refractivity (Wildman–Crippen MR) is 146 cm³/mol. The van der Waals surface area contributed by atoms with E-state index in [2.05, 4.69) is 31.2 Å². The van der Waals surface area contributed by atoms with E-state index in [0.29, 0.717) is 32.6 Å². The second-order valence-corrected chi connectivity index (χ2v) is 11.5. The maximum Gasteiger partial charge on any atom is 0.417 e. The lowest BCUT2D eigenvalue weighted by molar-refractivity contribution is -0.137. The molecule has 0 bridgehead atoms. The summed E-state index contributed by atoms with van der Waals surface area (Å²) in [6, 6.07) is 4.67. The fourth-order valence-corrected chi connectivity index (χ4v) is 6.56. The van der Waals surface area contributed by atoms with Crippen LogP contribution >= 0.6 is 11.6 Å². The molecule has 5 heterocycles. The van der Waals surface area contributed by atoms with Crippen molar-refractivity contribution in [2.24, 2.45) is 0 Å². The van der Waals surface area contributed by atoms with Crippen molar-refractivity contribution < 1.29 is 26.7 Å². The average Bonchev–Trinajstić information content (AvgIpc) is 3.47. The predicted octanol–water partition coefficient (Wildman–Crippen LogP) is 5.15. The highest BCUT2D eigenvalue weighted by atomic mass is 35.5. The number of rotatable bonds is 6. The first-order valence-electron chi connectivity index (χ1n) is 13.7. The molecule has 2 unspecified atom stereocenters. The number of halogens is 6. The van der Waals surface area contributed by atoms with Crippen LogP contribution in [0.3, 0.4) is 0 Å². The summed E-state index contributed by atoms with van der Waals surface area (Å²) in [6.45, 7) is 2.51. The third-order valence-corrected chi connectivity index (χ3v) is 8.54. The van der Waals surface area contributed by atoms with Gasteiger partial charge in [-0.15, -0.1) is 0 Å². The minimum atomic E-state index is -4.79. The molecule has 14 heteroatoms. The van der Waals surface area contributed by atoms with E-state index in [1.165, 1.54) is 6.20 Å². The zero-order valence-corrected chi connectivity index (χ0v) is 23.2. The quantitative estimate of drug-likeness (QED) is 0.385. The minimum absolute atomic E-state index is 0.0147. The van der Waals surface area contributed by atoms with Gasteiger partial charge in [0.05, 0.1) is 29.0 Å². The van der Waals surface area contributed by atoms with Gasteiger partial charge < -0.3 is 15.0 Å².